The van der Waals surface area contributed by atoms with E-state index in [1.807, 2.05) is 18.3 Å². The lowest BCUT2D eigenvalue weighted by molar-refractivity contribution is 0.0586. The number of hydrogen-bond donors (Lipinski definition) is 3. The molecular weight excluding hydrogens is 793 g/mol. The zero-order valence-corrected chi connectivity index (χ0v) is 42.6. The van der Waals surface area contributed by atoms with Crippen molar-refractivity contribution >= 4 is 0 Å². The summed E-state index contributed by atoms with van der Waals surface area (Å²) in [6.07, 6.45) is 15.2. The van der Waals surface area contributed by atoms with Crippen LogP contribution in [0.15, 0.2) is 66.9 Å². The van der Waals surface area contributed by atoms with Gasteiger partial charge in [-0.25, -0.2) is 4.98 Å². The van der Waals surface area contributed by atoms with Gasteiger partial charge in [-0.05, 0) is 183 Å². The first-order chi connectivity index (χ1) is 29.7. The number of nitrogens with zero attached hydrogens (tertiary/aromatic N) is 1. The van der Waals surface area contributed by atoms with Crippen LogP contribution in [0, 0.1) is 16.2 Å². The highest BCUT2D eigenvalue weighted by Crippen LogP contribution is 2.38. The summed E-state index contributed by atoms with van der Waals surface area (Å²) < 4.78 is 25.4. The molecule has 356 valence electrons. The summed E-state index contributed by atoms with van der Waals surface area (Å²) in [5, 5.41) is 11.6. The van der Waals surface area contributed by atoms with Crippen molar-refractivity contribution in [2.24, 2.45) is 16.2 Å². The van der Waals surface area contributed by atoms with Gasteiger partial charge in [0, 0.05) is 40.8 Å². The third-order valence-electron chi connectivity index (χ3n) is 13.3. The quantitative estimate of drug-likeness (QED) is 0.0920. The van der Waals surface area contributed by atoms with Crippen LogP contribution in [0.25, 0.3) is 0 Å². The number of hydrogen-bond acceptors (Lipinski definition) is 8. The normalized spacial score (nSPS) is 23.8. The first kappa shape index (κ1) is 50.1. The largest absolute Gasteiger partial charge is 0.491 e. The van der Waals surface area contributed by atoms with Crippen molar-refractivity contribution in [3.8, 4) is 23.1 Å². The molecule has 3 fully saturated rings. The Balaban J connectivity index is 1.00. The van der Waals surface area contributed by atoms with Gasteiger partial charge in [-0.15, -0.1) is 0 Å². The van der Waals surface area contributed by atoms with Crippen molar-refractivity contribution in [1.29, 1.82) is 0 Å². The summed E-state index contributed by atoms with van der Waals surface area (Å²) in [5.74, 6) is 3.43. The molecule has 2 aromatic carbocycles. The minimum Gasteiger partial charge on any atom is -0.491 e. The zero-order chi connectivity index (χ0) is 46.6. The molecular formula is C56H88N4O4. The van der Waals surface area contributed by atoms with E-state index in [9.17, 15) is 0 Å². The molecule has 8 nitrogen and oxygen atoms in total. The van der Waals surface area contributed by atoms with E-state index in [4.69, 9.17) is 18.9 Å². The van der Waals surface area contributed by atoms with E-state index in [-0.39, 0.29) is 45.1 Å². The van der Waals surface area contributed by atoms with Crippen LogP contribution in [0.3, 0.4) is 0 Å². The van der Waals surface area contributed by atoms with Crippen LogP contribution >= 0.6 is 0 Å². The summed E-state index contributed by atoms with van der Waals surface area (Å²) in [6.45, 7) is 32.8. The van der Waals surface area contributed by atoms with E-state index < -0.39 is 0 Å². The number of aromatic nitrogens is 1. The van der Waals surface area contributed by atoms with Gasteiger partial charge in [-0.3, -0.25) is 0 Å². The molecule has 1 atom stereocenters. The molecule has 64 heavy (non-hydrogen) atoms. The number of rotatable bonds is 22. The smallest absolute Gasteiger partial charge is 0.213 e. The predicted molar refractivity (Wildman–Crippen MR) is 265 cm³/mol. The Morgan fingerprint density at radius 2 is 0.891 bits per heavy atom. The average Bonchev–Trinajstić information content (AvgIpc) is 3.13. The second kappa shape index (κ2) is 20.3. The lowest BCUT2D eigenvalue weighted by Crippen LogP contribution is -2.56. The van der Waals surface area contributed by atoms with Crippen LogP contribution in [0.5, 0.6) is 23.1 Å². The molecule has 0 saturated heterocycles. The van der Waals surface area contributed by atoms with Crippen molar-refractivity contribution in [1.82, 2.24) is 20.9 Å². The Morgan fingerprint density at radius 1 is 0.469 bits per heavy atom. The van der Waals surface area contributed by atoms with Gasteiger partial charge in [-0.2, -0.15) is 0 Å². The van der Waals surface area contributed by atoms with Crippen molar-refractivity contribution in [2.75, 3.05) is 6.61 Å². The molecule has 0 unspecified atom stereocenters. The second-order valence-electron chi connectivity index (χ2n) is 25.4. The highest BCUT2D eigenvalue weighted by molar-refractivity contribution is 5.30. The second-order valence-corrected chi connectivity index (χ2v) is 25.4. The number of benzene rings is 2. The molecule has 3 aromatic rings. The predicted octanol–water partition coefficient (Wildman–Crippen LogP) is 12.5. The van der Waals surface area contributed by atoms with Crippen LogP contribution in [-0.2, 0) is 12.8 Å². The number of pyridine rings is 1. The van der Waals surface area contributed by atoms with Gasteiger partial charge in [0.15, 0.2) is 0 Å². The van der Waals surface area contributed by atoms with E-state index in [1.165, 1.54) is 11.1 Å². The molecule has 0 spiro atoms. The molecule has 3 aliphatic rings. The Hall–Kier alpha value is -3.33. The summed E-state index contributed by atoms with van der Waals surface area (Å²) in [4.78, 5) is 4.60. The summed E-state index contributed by atoms with van der Waals surface area (Å²) in [5.41, 5.74) is 3.37. The van der Waals surface area contributed by atoms with Gasteiger partial charge in [0.2, 0.25) is 5.88 Å². The van der Waals surface area contributed by atoms with E-state index in [2.05, 4.69) is 166 Å². The topological polar surface area (TPSA) is 85.9 Å². The third kappa shape index (κ3) is 16.8. The molecule has 0 bridgehead atoms. The maximum absolute atomic E-state index is 6.48. The van der Waals surface area contributed by atoms with Crippen molar-refractivity contribution in [3.05, 3.63) is 78.0 Å². The Bertz CT molecular complexity index is 1870. The Labute approximate surface area is 389 Å². The molecule has 6 rings (SSSR count). The van der Waals surface area contributed by atoms with Crippen LogP contribution in [-0.4, -0.2) is 64.6 Å². The van der Waals surface area contributed by atoms with E-state index in [1.54, 1.807) is 0 Å². The molecule has 1 aromatic heterocycles. The minimum absolute atomic E-state index is 0.0215. The fourth-order valence-corrected chi connectivity index (χ4v) is 9.61. The Morgan fingerprint density at radius 3 is 1.33 bits per heavy atom. The molecule has 3 N–H and O–H groups in total. The van der Waals surface area contributed by atoms with Gasteiger partial charge in [-0.1, -0.05) is 72.7 Å². The molecule has 3 aliphatic carbocycles. The maximum Gasteiger partial charge on any atom is 0.213 e. The van der Waals surface area contributed by atoms with Gasteiger partial charge in [0.1, 0.15) is 35.6 Å². The third-order valence-corrected chi connectivity index (χ3v) is 13.3. The lowest BCUT2D eigenvalue weighted by Gasteiger charge is -2.44. The summed E-state index contributed by atoms with van der Waals surface area (Å²) >= 11 is 0. The molecule has 8 heteroatoms. The van der Waals surface area contributed by atoms with Crippen molar-refractivity contribution in [3.63, 3.8) is 0 Å². The van der Waals surface area contributed by atoms with Crippen LogP contribution in [0.1, 0.15) is 172 Å². The molecule has 0 amide bonds. The summed E-state index contributed by atoms with van der Waals surface area (Å²) in [6, 6.07) is 23.1. The lowest BCUT2D eigenvalue weighted by atomic mass is 9.74. The number of ether oxygens (including phenoxy) is 4. The maximum atomic E-state index is 6.48. The zero-order valence-electron chi connectivity index (χ0n) is 42.6. The standard InChI is InChI=1S/C56H88N4O4/c1-51(2,3)35-39-15-19-44(20-16-39)63-48-33-43(34-48)60-56(14,27-25-54(10,11)36-40-17-21-45(22-18-40)62-47-29-41(30-47)58-52(4,5)6)28-26-55(12,13)38-61-46-23-24-50(57-37-46)64-49-31-42(32-49)59-53(7,8)9/h15-24,37,41-43,47-49,58-60H,25-36,38H2,1-14H3/t41-,42-,43-,47-,48+,49+,56-/m0/s1. The molecule has 3 saturated carbocycles. The highest BCUT2D eigenvalue weighted by atomic mass is 16.5. The fourth-order valence-electron chi connectivity index (χ4n) is 9.61. The van der Waals surface area contributed by atoms with Crippen LogP contribution < -0.4 is 34.9 Å². The van der Waals surface area contributed by atoms with Crippen molar-refractivity contribution in [2.45, 2.75) is 227 Å². The average molecular weight is 881 g/mol. The monoisotopic (exact) mass is 881 g/mol. The highest BCUT2D eigenvalue weighted by Gasteiger charge is 2.39. The van der Waals surface area contributed by atoms with E-state index >= 15 is 0 Å². The molecule has 0 aliphatic heterocycles. The van der Waals surface area contributed by atoms with E-state index in [0.29, 0.717) is 36.7 Å². The number of nitrogens with one attached hydrogen (secondary N) is 3. The van der Waals surface area contributed by atoms with Gasteiger partial charge < -0.3 is 34.9 Å². The Kier molecular flexibility index (Phi) is 15.9. The first-order valence-electron chi connectivity index (χ1n) is 24.8. The van der Waals surface area contributed by atoms with Crippen LogP contribution in [0.2, 0.25) is 0 Å². The van der Waals surface area contributed by atoms with Crippen molar-refractivity contribution < 1.29 is 18.9 Å². The van der Waals surface area contributed by atoms with Gasteiger partial charge in [0.05, 0.1) is 12.8 Å². The fraction of sp³-hybridized carbons (Fsp3) is 0.696. The van der Waals surface area contributed by atoms with E-state index in [0.717, 1.165) is 94.3 Å². The first-order valence-corrected chi connectivity index (χ1v) is 24.8. The van der Waals surface area contributed by atoms with Crippen LogP contribution in [0.4, 0.5) is 0 Å². The summed E-state index contributed by atoms with van der Waals surface area (Å²) in [7, 11) is 0. The SMILES string of the molecule is CC(C)(C)Cc1ccc(O[C@H]2C[C@@H](N[C@](C)(CCC(C)(C)COc3ccc(O[C@H]4C[C@@H](NC(C)(C)C)C4)nc3)CCC(C)(C)Cc3ccc(O[C@H]4C[C@H](NC(C)(C)C)C4)cc3)C2)cc1. The van der Waals surface area contributed by atoms with Gasteiger partial charge >= 0.3 is 0 Å². The minimum atomic E-state index is -0.0254. The molecule has 0 radical (unpaired) electrons. The molecule has 1 heterocycles. The van der Waals surface area contributed by atoms with Gasteiger partial charge in [0.25, 0.3) is 0 Å².